The molecule has 0 radical (unpaired) electrons. The van der Waals surface area contributed by atoms with E-state index >= 15 is 0 Å². The van der Waals surface area contributed by atoms with Crippen molar-refractivity contribution in [3.8, 4) is 16.2 Å². The number of carboxylic acids is 1. The lowest BCUT2D eigenvalue weighted by molar-refractivity contribution is -0.385. The summed E-state index contributed by atoms with van der Waals surface area (Å²) in [6.45, 7) is 1.68. The van der Waals surface area contributed by atoms with Gasteiger partial charge < -0.3 is 15.5 Å². The van der Waals surface area contributed by atoms with Gasteiger partial charge in [0.2, 0.25) is 0 Å². The van der Waals surface area contributed by atoms with Gasteiger partial charge in [0.25, 0.3) is 5.69 Å². The first-order valence-corrected chi connectivity index (χ1v) is 10.5. The van der Waals surface area contributed by atoms with E-state index in [1.165, 1.54) is 17.4 Å². The van der Waals surface area contributed by atoms with E-state index in [1.54, 1.807) is 36.6 Å². The maximum Gasteiger partial charge on any atom is 0.342 e. The lowest BCUT2D eigenvalue weighted by Crippen LogP contribution is -2.25. The van der Waals surface area contributed by atoms with Crippen LogP contribution in [0.25, 0.3) is 10.4 Å². The van der Waals surface area contributed by atoms with Gasteiger partial charge in [-0.15, -0.1) is 11.3 Å². The Kier molecular flexibility index (Phi) is 7.03. The van der Waals surface area contributed by atoms with E-state index in [-0.39, 0.29) is 16.5 Å². The quantitative estimate of drug-likeness (QED) is 0.162. The van der Waals surface area contributed by atoms with E-state index < -0.39 is 22.1 Å². The van der Waals surface area contributed by atoms with Crippen molar-refractivity contribution in [1.29, 1.82) is 0 Å². The number of nitrogens with zero attached hydrogens (tertiary/aromatic N) is 2. The number of aromatic hydroxyl groups is 1. The van der Waals surface area contributed by atoms with Crippen molar-refractivity contribution < 1.29 is 19.9 Å². The van der Waals surface area contributed by atoms with Crippen molar-refractivity contribution >= 4 is 63.3 Å². The maximum atomic E-state index is 11.1. The summed E-state index contributed by atoms with van der Waals surface area (Å²) >= 11 is 12.4. The van der Waals surface area contributed by atoms with E-state index in [0.717, 1.165) is 17.7 Å². The minimum atomic E-state index is -1.40. The topological polar surface area (TPSA) is 137 Å². The van der Waals surface area contributed by atoms with E-state index in [9.17, 15) is 20.0 Å². The first-order chi connectivity index (χ1) is 15.2. The van der Waals surface area contributed by atoms with Gasteiger partial charge in [0, 0.05) is 22.2 Å². The number of thiophene rings is 1. The van der Waals surface area contributed by atoms with Crippen LogP contribution in [0.5, 0.6) is 5.75 Å². The normalized spacial score (nSPS) is 11.1. The Morgan fingerprint density at radius 2 is 1.91 bits per heavy atom. The molecule has 0 saturated heterocycles. The van der Waals surface area contributed by atoms with E-state index in [1.807, 2.05) is 0 Å². The van der Waals surface area contributed by atoms with Gasteiger partial charge in [0.1, 0.15) is 11.3 Å². The molecule has 0 unspecified atom stereocenters. The van der Waals surface area contributed by atoms with Crippen LogP contribution in [0, 0.1) is 10.1 Å². The zero-order valence-electron chi connectivity index (χ0n) is 16.3. The van der Waals surface area contributed by atoms with Crippen LogP contribution in [0.2, 0.25) is 5.02 Å². The standard InChI is InChI=1S/C20H15ClN4O5S2/c1-10(15-9-32-18(17(15)26)11-2-4-12(21)5-3-11)23-24-20(31)22-13-6-7-14(19(27)28)16(8-13)25(29)30/h2-9,26H,1H3,(H,27,28)(H2,22,24,31). The first-order valence-electron chi connectivity index (χ1n) is 8.87. The molecule has 0 aliphatic rings. The number of hydrogen-bond donors (Lipinski definition) is 4. The molecule has 0 saturated carbocycles. The second kappa shape index (κ2) is 9.73. The summed E-state index contributed by atoms with van der Waals surface area (Å²) in [5.41, 5.74) is 3.59. The number of thiocarbonyl (C=S) groups is 1. The minimum absolute atomic E-state index is 0.0226. The van der Waals surface area contributed by atoms with Gasteiger partial charge in [-0.3, -0.25) is 15.5 Å². The molecule has 9 nitrogen and oxygen atoms in total. The Balaban J connectivity index is 1.72. The van der Waals surface area contributed by atoms with Crippen LogP contribution in [0.4, 0.5) is 11.4 Å². The second-order valence-electron chi connectivity index (χ2n) is 6.39. The summed E-state index contributed by atoms with van der Waals surface area (Å²) in [5.74, 6) is -1.34. The fraction of sp³-hybridized carbons (Fsp3) is 0.0500. The SMILES string of the molecule is CC(=NNC(=S)Nc1ccc(C(=O)O)c([N+](=O)[O-])c1)c1csc(-c2ccc(Cl)cc2)c1O. The van der Waals surface area contributed by atoms with Gasteiger partial charge in [-0.2, -0.15) is 5.10 Å². The number of nitro benzene ring substituents is 1. The first kappa shape index (κ1) is 23.1. The number of rotatable bonds is 6. The molecular formula is C20H15ClN4O5S2. The van der Waals surface area contributed by atoms with Gasteiger partial charge >= 0.3 is 5.97 Å². The molecule has 1 aromatic heterocycles. The molecule has 12 heteroatoms. The van der Waals surface area contributed by atoms with Crippen molar-refractivity contribution in [3.63, 3.8) is 0 Å². The highest BCUT2D eigenvalue weighted by atomic mass is 35.5. The van der Waals surface area contributed by atoms with Crippen LogP contribution in [0.3, 0.4) is 0 Å². The molecule has 4 N–H and O–H groups in total. The number of benzene rings is 2. The molecule has 32 heavy (non-hydrogen) atoms. The van der Waals surface area contributed by atoms with Crippen molar-refractivity contribution in [2.75, 3.05) is 5.32 Å². The molecular weight excluding hydrogens is 476 g/mol. The van der Waals surface area contributed by atoms with Crippen LogP contribution in [-0.2, 0) is 0 Å². The predicted octanol–water partition coefficient (Wildman–Crippen LogP) is 5.09. The highest BCUT2D eigenvalue weighted by molar-refractivity contribution is 7.80. The number of carboxylic acid groups (broad SMARTS) is 1. The molecule has 164 valence electrons. The van der Waals surface area contributed by atoms with Crippen molar-refractivity contribution in [2.45, 2.75) is 6.92 Å². The number of anilines is 1. The Morgan fingerprint density at radius 3 is 2.53 bits per heavy atom. The lowest BCUT2D eigenvalue weighted by atomic mass is 10.1. The highest BCUT2D eigenvalue weighted by Gasteiger charge is 2.20. The molecule has 0 spiro atoms. The van der Waals surface area contributed by atoms with Gasteiger partial charge in [-0.25, -0.2) is 4.79 Å². The van der Waals surface area contributed by atoms with Gasteiger partial charge in [0.05, 0.1) is 21.1 Å². The third-order valence-corrected chi connectivity index (χ3v) is 5.73. The van der Waals surface area contributed by atoms with Crippen LogP contribution < -0.4 is 10.7 Å². The highest BCUT2D eigenvalue weighted by Crippen LogP contribution is 2.39. The molecule has 0 bridgehead atoms. The smallest absolute Gasteiger partial charge is 0.342 e. The summed E-state index contributed by atoms with van der Waals surface area (Å²) in [4.78, 5) is 22.1. The number of halogens is 1. The molecule has 3 aromatic rings. The number of nitro groups is 1. The van der Waals surface area contributed by atoms with E-state index in [0.29, 0.717) is 21.2 Å². The number of hydrazone groups is 1. The monoisotopic (exact) mass is 490 g/mol. The number of hydrogen-bond acceptors (Lipinski definition) is 7. The molecule has 0 aliphatic carbocycles. The minimum Gasteiger partial charge on any atom is -0.506 e. The van der Waals surface area contributed by atoms with Gasteiger partial charge in [-0.1, -0.05) is 23.7 Å². The summed E-state index contributed by atoms with van der Waals surface area (Å²) in [7, 11) is 0. The average Bonchev–Trinajstić information content (AvgIpc) is 3.13. The fourth-order valence-electron chi connectivity index (χ4n) is 2.71. The summed E-state index contributed by atoms with van der Waals surface area (Å²) < 4.78 is 0. The van der Waals surface area contributed by atoms with Crippen molar-refractivity contribution in [1.82, 2.24) is 5.43 Å². The summed E-state index contributed by atoms with van der Waals surface area (Å²) in [6.07, 6.45) is 0. The molecule has 0 amide bonds. The molecule has 1 heterocycles. The Labute approximate surface area is 196 Å². The third kappa shape index (κ3) is 5.19. The van der Waals surface area contributed by atoms with Crippen LogP contribution in [0.1, 0.15) is 22.8 Å². The molecule has 3 rings (SSSR count). The van der Waals surface area contributed by atoms with Crippen LogP contribution >= 0.6 is 35.2 Å². The zero-order chi connectivity index (χ0) is 23.4. The molecule has 0 atom stereocenters. The van der Waals surface area contributed by atoms with E-state index in [4.69, 9.17) is 28.9 Å². The Morgan fingerprint density at radius 1 is 1.22 bits per heavy atom. The molecule has 2 aromatic carbocycles. The Hall–Kier alpha value is -3.54. The van der Waals surface area contributed by atoms with Crippen molar-refractivity contribution in [2.24, 2.45) is 5.10 Å². The lowest BCUT2D eigenvalue weighted by Gasteiger charge is -2.09. The van der Waals surface area contributed by atoms with Gasteiger partial charge in [-0.05, 0) is 49.0 Å². The largest absolute Gasteiger partial charge is 0.506 e. The zero-order valence-corrected chi connectivity index (χ0v) is 18.7. The Bertz CT molecular complexity index is 1240. The predicted molar refractivity (Wildman–Crippen MR) is 128 cm³/mol. The fourth-order valence-corrected chi connectivity index (χ4v) is 4.01. The second-order valence-corrected chi connectivity index (χ2v) is 8.12. The number of aromatic carboxylic acids is 1. The molecule has 0 aliphatic heterocycles. The summed E-state index contributed by atoms with van der Waals surface area (Å²) in [6, 6.07) is 10.6. The summed E-state index contributed by atoms with van der Waals surface area (Å²) in [5, 5.41) is 39.9. The van der Waals surface area contributed by atoms with E-state index in [2.05, 4.69) is 15.8 Å². The van der Waals surface area contributed by atoms with Gasteiger partial charge in [0.15, 0.2) is 5.11 Å². The third-order valence-electron chi connectivity index (χ3n) is 4.27. The maximum absolute atomic E-state index is 11.1. The molecule has 0 fully saturated rings. The number of nitrogens with one attached hydrogen (secondary N) is 2. The van der Waals surface area contributed by atoms with Crippen LogP contribution in [0.15, 0.2) is 52.9 Å². The average molecular weight is 491 g/mol. The number of carbonyl (C=O) groups is 1. The van der Waals surface area contributed by atoms with Crippen molar-refractivity contribution in [3.05, 3.63) is 74.1 Å². The van der Waals surface area contributed by atoms with Crippen LogP contribution in [-0.4, -0.2) is 31.9 Å².